The van der Waals surface area contributed by atoms with E-state index in [1.165, 1.54) is 41.8 Å². The Kier molecular flexibility index (Phi) is 6.18. The zero-order valence-corrected chi connectivity index (χ0v) is 18.2. The van der Waals surface area contributed by atoms with Gasteiger partial charge in [-0.15, -0.1) is 0 Å². The van der Waals surface area contributed by atoms with Gasteiger partial charge in [0.1, 0.15) is 0 Å². The molecule has 30 heavy (non-hydrogen) atoms. The van der Waals surface area contributed by atoms with Crippen molar-refractivity contribution in [1.82, 2.24) is 30.0 Å². The molecule has 0 aromatic carbocycles. The lowest BCUT2D eigenvalue weighted by molar-refractivity contribution is 0.306. The van der Waals surface area contributed by atoms with Gasteiger partial charge in [-0.1, -0.05) is 20.3 Å². The van der Waals surface area contributed by atoms with Gasteiger partial charge < -0.3 is 15.0 Å². The summed E-state index contributed by atoms with van der Waals surface area (Å²) in [6.45, 7) is 9.89. The highest BCUT2D eigenvalue weighted by atomic mass is 16.1. The minimum Gasteiger partial charge on any atom is -0.362 e. The average molecular weight is 409 g/mol. The number of aromatic amines is 3. The van der Waals surface area contributed by atoms with Gasteiger partial charge in [-0.05, 0) is 56.3 Å². The van der Waals surface area contributed by atoms with Crippen LogP contribution in [-0.4, -0.2) is 49.7 Å². The van der Waals surface area contributed by atoms with E-state index in [9.17, 15) is 4.79 Å². The van der Waals surface area contributed by atoms with Crippen LogP contribution < -0.4 is 5.56 Å². The molecule has 1 aliphatic carbocycles. The van der Waals surface area contributed by atoms with Gasteiger partial charge in [0.2, 0.25) is 0 Å². The summed E-state index contributed by atoms with van der Waals surface area (Å²) < 4.78 is 0. The fourth-order valence-corrected chi connectivity index (χ4v) is 4.59. The van der Waals surface area contributed by atoms with E-state index in [1.54, 1.807) is 18.6 Å². The molecule has 0 saturated heterocycles. The Bertz CT molecular complexity index is 1040. The average Bonchev–Trinajstić information content (AvgIpc) is 3.26. The highest BCUT2D eigenvalue weighted by Gasteiger charge is 2.28. The van der Waals surface area contributed by atoms with Crippen LogP contribution in [0.25, 0.3) is 11.3 Å². The Morgan fingerprint density at radius 1 is 1.17 bits per heavy atom. The van der Waals surface area contributed by atoms with Crippen LogP contribution in [-0.2, 0) is 12.8 Å². The van der Waals surface area contributed by atoms with Crippen LogP contribution in [0, 0.1) is 6.92 Å². The normalized spacial score (nSPS) is 14.4. The number of likely N-dealkylation sites (N-methyl/N-ethyl adjacent to an activating group) is 1. The van der Waals surface area contributed by atoms with Crippen molar-refractivity contribution in [3.05, 3.63) is 57.2 Å². The molecule has 3 heterocycles. The molecule has 0 unspecified atom stereocenters. The maximum atomic E-state index is 12.2. The predicted molar refractivity (Wildman–Crippen MR) is 119 cm³/mol. The number of hydrogen-bond donors (Lipinski definition) is 3. The lowest BCUT2D eigenvalue weighted by Gasteiger charge is -2.28. The molecule has 0 atom stereocenters. The van der Waals surface area contributed by atoms with E-state index in [-0.39, 0.29) is 5.56 Å². The minimum absolute atomic E-state index is 0.168. The molecule has 1 aliphatic rings. The summed E-state index contributed by atoms with van der Waals surface area (Å²) in [6.07, 6.45) is 10.6. The van der Waals surface area contributed by atoms with Crippen LogP contribution in [0.3, 0.4) is 0 Å². The van der Waals surface area contributed by atoms with Crippen molar-refractivity contribution >= 4 is 0 Å². The molecule has 7 nitrogen and oxygen atoms in total. The second-order valence-electron chi connectivity index (χ2n) is 8.21. The zero-order chi connectivity index (χ0) is 21.1. The molecule has 4 rings (SSSR count). The van der Waals surface area contributed by atoms with Gasteiger partial charge >= 0.3 is 0 Å². The van der Waals surface area contributed by atoms with Crippen LogP contribution in [0.4, 0.5) is 0 Å². The van der Waals surface area contributed by atoms with Gasteiger partial charge in [-0.25, -0.2) is 0 Å². The van der Waals surface area contributed by atoms with E-state index in [1.807, 2.05) is 0 Å². The van der Waals surface area contributed by atoms with Gasteiger partial charge in [0.15, 0.2) is 0 Å². The quantitative estimate of drug-likeness (QED) is 0.505. The summed E-state index contributed by atoms with van der Waals surface area (Å²) in [5.41, 5.74) is 7.32. The Labute approximate surface area is 177 Å². The number of aryl methyl sites for hydroxylation is 1. The molecular formula is C23H32N6O. The summed E-state index contributed by atoms with van der Waals surface area (Å²) >= 11 is 0. The fourth-order valence-electron chi connectivity index (χ4n) is 4.59. The summed E-state index contributed by atoms with van der Waals surface area (Å²) in [5, 5.41) is 5.37. The van der Waals surface area contributed by atoms with Crippen molar-refractivity contribution < 1.29 is 0 Å². The number of hydrogen-bond acceptors (Lipinski definition) is 4. The van der Waals surface area contributed by atoms with E-state index in [2.05, 4.69) is 50.8 Å². The third kappa shape index (κ3) is 3.99. The van der Waals surface area contributed by atoms with E-state index in [0.717, 1.165) is 31.7 Å². The predicted octanol–water partition coefficient (Wildman–Crippen LogP) is 3.54. The van der Waals surface area contributed by atoms with Crippen LogP contribution in [0.5, 0.6) is 0 Å². The molecule has 0 radical (unpaired) electrons. The largest absolute Gasteiger partial charge is 0.362 e. The van der Waals surface area contributed by atoms with Crippen LogP contribution in [0.2, 0.25) is 0 Å². The van der Waals surface area contributed by atoms with Crippen molar-refractivity contribution in [3.8, 4) is 11.3 Å². The first kappa shape index (κ1) is 20.6. The molecule has 0 aliphatic heterocycles. The lowest BCUT2D eigenvalue weighted by atomic mass is 9.77. The first-order valence-corrected chi connectivity index (χ1v) is 11.1. The third-order valence-corrected chi connectivity index (χ3v) is 6.55. The van der Waals surface area contributed by atoms with E-state index >= 15 is 0 Å². The number of aromatic nitrogens is 5. The van der Waals surface area contributed by atoms with E-state index in [0.29, 0.717) is 23.6 Å². The van der Waals surface area contributed by atoms with Crippen molar-refractivity contribution in [2.24, 2.45) is 0 Å². The molecule has 1 saturated carbocycles. The molecule has 0 spiro atoms. The standard InChI is InChI=1S/C23H32N6O/c1-4-29(5-2)12-9-17-15(3)27-19(21(17)16-7-6-8-16)13-20-22(25-11-10-24-20)18-14-26-28-23(18)30/h10-11,14,16,27H,4-9,12-13H2,1-3H3,(H2,26,28,30). The number of nitrogens with zero attached hydrogens (tertiary/aromatic N) is 3. The molecule has 160 valence electrons. The SMILES string of the molecule is CCN(CC)CCc1c(C)[nH]c(Cc2nccnc2-c2c[nH][nH]c2=O)c1C1CCC1. The lowest BCUT2D eigenvalue weighted by Crippen LogP contribution is -2.26. The van der Waals surface area contributed by atoms with Crippen molar-refractivity contribution in [3.63, 3.8) is 0 Å². The first-order valence-electron chi connectivity index (χ1n) is 11.1. The molecule has 1 fully saturated rings. The Hall–Kier alpha value is -2.67. The molecule has 3 aromatic rings. The van der Waals surface area contributed by atoms with E-state index < -0.39 is 0 Å². The van der Waals surface area contributed by atoms with Crippen LogP contribution in [0.1, 0.15) is 67.2 Å². The van der Waals surface area contributed by atoms with Crippen molar-refractivity contribution in [1.29, 1.82) is 0 Å². The topological polar surface area (TPSA) is 93.5 Å². The van der Waals surface area contributed by atoms with Gasteiger partial charge in [0.05, 0.1) is 17.0 Å². The van der Waals surface area contributed by atoms with Gasteiger partial charge in [-0.3, -0.25) is 19.9 Å². The van der Waals surface area contributed by atoms with Gasteiger partial charge in [0, 0.05) is 42.9 Å². The molecule has 3 N–H and O–H groups in total. The maximum absolute atomic E-state index is 12.2. The third-order valence-electron chi connectivity index (χ3n) is 6.55. The summed E-state index contributed by atoms with van der Waals surface area (Å²) in [5.74, 6) is 0.632. The summed E-state index contributed by atoms with van der Waals surface area (Å²) in [4.78, 5) is 27.4. The highest BCUT2D eigenvalue weighted by molar-refractivity contribution is 5.60. The number of nitrogens with one attached hydrogen (secondary N) is 3. The smallest absolute Gasteiger partial charge is 0.273 e. The monoisotopic (exact) mass is 408 g/mol. The zero-order valence-electron chi connectivity index (χ0n) is 18.2. The van der Waals surface area contributed by atoms with E-state index in [4.69, 9.17) is 0 Å². The molecule has 7 heteroatoms. The summed E-state index contributed by atoms with van der Waals surface area (Å²) in [6, 6.07) is 0. The molecule has 3 aromatic heterocycles. The second kappa shape index (κ2) is 9.00. The minimum atomic E-state index is -0.168. The number of H-pyrrole nitrogens is 3. The van der Waals surface area contributed by atoms with Gasteiger partial charge in [-0.2, -0.15) is 0 Å². The van der Waals surface area contributed by atoms with Crippen LogP contribution in [0.15, 0.2) is 23.4 Å². The number of rotatable bonds is 9. The first-order chi connectivity index (χ1) is 14.6. The maximum Gasteiger partial charge on any atom is 0.273 e. The van der Waals surface area contributed by atoms with Crippen LogP contribution >= 0.6 is 0 Å². The molecule has 0 amide bonds. The highest BCUT2D eigenvalue weighted by Crippen LogP contribution is 2.41. The molecule has 0 bridgehead atoms. The Morgan fingerprint density at radius 3 is 2.57 bits per heavy atom. The van der Waals surface area contributed by atoms with Crippen molar-refractivity contribution in [2.75, 3.05) is 19.6 Å². The van der Waals surface area contributed by atoms with Gasteiger partial charge in [0.25, 0.3) is 5.56 Å². The fraction of sp³-hybridized carbons (Fsp3) is 0.522. The Balaban J connectivity index is 1.68. The summed E-state index contributed by atoms with van der Waals surface area (Å²) in [7, 11) is 0. The van der Waals surface area contributed by atoms with Crippen molar-refractivity contribution in [2.45, 2.75) is 58.8 Å². The Morgan fingerprint density at radius 2 is 1.93 bits per heavy atom. The molecular weight excluding hydrogens is 376 g/mol. The second-order valence-corrected chi connectivity index (χ2v) is 8.21.